The van der Waals surface area contributed by atoms with E-state index in [4.69, 9.17) is 27.9 Å². The lowest BCUT2D eigenvalue weighted by Crippen LogP contribution is -2.43. The van der Waals surface area contributed by atoms with Crippen LogP contribution in [0.15, 0.2) is 42.5 Å². The number of nitrogens with one attached hydrogen (secondary N) is 1. The molecule has 10 heteroatoms. The molecule has 0 radical (unpaired) electrons. The van der Waals surface area contributed by atoms with Gasteiger partial charge in [-0.2, -0.15) is 0 Å². The number of carbonyl (C=O) groups excluding carboxylic acids is 1. The minimum atomic E-state index is -1.48. The average Bonchev–Trinajstić information content (AvgIpc) is 2.79. The first-order chi connectivity index (χ1) is 16.7. The largest absolute Gasteiger partial charge is 0.493 e. The zero-order valence-corrected chi connectivity index (χ0v) is 19.5. The lowest BCUT2D eigenvalue weighted by Gasteiger charge is -2.25. The molecule has 35 heavy (non-hydrogen) atoms. The number of hydrogen-bond donors (Lipinski definition) is 2. The second-order valence-electron chi connectivity index (χ2n) is 7.94. The molecule has 3 aromatic rings. The number of amides is 1. The van der Waals surface area contributed by atoms with E-state index in [9.17, 15) is 27.9 Å². The zero-order valence-electron chi connectivity index (χ0n) is 18.0. The molecule has 0 saturated heterocycles. The Morgan fingerprint density at radius 3 is 2.34 bits per heavy atom. The van der Waals surface area contributed by atoms with Gasteiger partial charge in [-0.25, -0.2) is 18.0 Å². The standard InChI is InChI=1S/C25H18Cl2F3NO4/c26-16-10-13(28)11-17(27)21(16)15-7-6-12(14-3-2-8-35-23(14)15)9-20(25(33)34)31-24(32)22-18(29)4-1-5-19(22)30/h1,4-7,10-11,20H,2-3,8-9H2,(H,31,32)(H,33,34). The smallest absolute Gasteiger partial charge is 0.326 e. The van der Waals surface area contributed by atoms with E-state index >= 15 is 0 Å². The maximum Gasteiger partial charge on any atom is 0.326 e. The first kappa shape index (κ1) is 24.9. The Morgan fingerprint density at radius 1 is 1.06 bits per heavy atom. The van der Waals surface area contributed by atoms with Crippen LogP contribution in [0.3, 0.4) is 0 Å². The van der Waals surface area contributed by atoms with Crippen molar-refractivity contribution in [3.05, 3.63) is 86.7 Å². The summed E-state index contributed by atoms with van der Waals surface area (Å²) in [5.41, 5.74) is 1.27. The van der Waals surface area contributed by atoms with Gasteiger partial charge in [-0.15, -0.1) is 0 Å². The van der Waals surface area contributed by atoms with Gasteiger partial charge in [0, 0.05) is 17.5 Å². The molecule has 5 nitrogen and oxygen atoms in total. The van der Waals surface area contributed by atoms with Crippen molar-refractivity contribution in [2.24, 2.45) is 0 Å². The minimum absolute atomic E-state index is 0.0849. The fourth-order valence-electron chi connectivity index (χ4n) is 4.08. The summed E-state index contributed by atoms with van der Waals surface area (Å²) in [5, 5.41) is 12.1. The van der Waals surface area contributed by atoms with Crippen molar-refractivity contribution in [3.8, 4) is 16.9 Å². The molecule has 1 heterocycles. The maximum absolute atomic E-state index is 14.0. The molecule has 0 saturated carbocycles. The molecule has 1 aliphatic rings. The minimum Gasteiger partial charge on any atom is -0.493 e. The highest BCUT2D eigenvalue weighted by atomic mass is 35.5. The number of halogens is 5. The first-order valence-corrected chi connectivity index (χ1v) is 11.3. The molecule has 0 aromatic heterocycles. The Labute approximate surface area is 208 Å². The number of rotatable bonds is 6. The van der Waals surface area contributed by atoms with E-state index in [1.165, 1.54) is 0 Å². The summed E-state index contributed by atoms with van der Waals surface area (Å²) in [4.78, 5) is 24.4. The molecule has 1 amide bonds. The number of hydrogen-bond acceptors (Lipinski definition) is 3. The molecule has 182 valence electrons. The van der Waals surface area contributed by atoms with Crippen LogP contribution < -0.4 is 10.1 Å². The highest BCUT2D eigenvalue weighted by Gasteiger charge is 2.28. The van der Waals surface area contributed by atoms with Gasteiger partial charge in [0.2, 0.25) is 0 Å². The number of ether oxygens (including phenoxy) is 1. The van der Waals surface area contributed by atoms with Crippen LogP contribution in [-0.2, 0) is 17.6 Å². The summed E-state index contributed by atoms with van der Waals surface area (Å²) in [7, 11) is 0. The van der Waals surface area contributed by atoms with E-state index in [2.05, 4.69) is 5.32 Å². The molecule has 0 bridgehead atoms. The van der Waals surface area contributed by atoms with Gasteiger partial charge in [-0.1, -0.05) is 41.4 Å². The van der Waals surface area contributed by atoms with Crippen molar-refractivity contribution < 1.29 is 32.6 Å². The van der Waals surface area contributed by atoms with Crippen LogP contribution in [0, 0.1) is 17.5 Å². The lowest BCUT2D eigenvalue weighted by molar-refractivity contribution is -0.139. The van der Waals surface area contributed by atoms with Gasteiger partial charge in [-0.05, 0) is 48.2 Å². The van der Waals surface area contributed by atoms with Crippen molar-refractivity contribution in [1.29, 1.82) is 0 Å². The van der Waals surface area contributed by atoms with Gasteiger partial charge < -0.3 is 15.2 Å². The van der Waals surface area contributed by atoms with Gasteiger partial charge in [0.05, 0.1) is 16.7 Å². The Morgan fingerprint density at radius 2 is 1.71 bits per heavy atom. The molecular weight excluding hydrogens is 506 g/mol. The van der Waals surface area contributed by atoms with Gasteiger partial charge in [0.15, 0.2) is 0 Å². The number of fused-ring (bicyclic) bond motifs is 1. The van der Waals surface area contributed by atoms with Crippen LogP contribution in [0.2, 0.25) is 10.0 Å². The second kappa shape index (κ2) is 10.2. The van der Waals surface area contributed by atoms with Gasteiger partial charge >= 0.3 is 5.97 Å². The van der Waals surface area contributed by atoms with Gasteiger partial charge in [-0.3, -0.25) is 4.79 Å². The molecule has 2 N–H and O–H groups in total. The third kappa shape index (κ3) is 5.09. The average molecular weight is 524 g/mol. The van der Waals surface area contributed by atoms with Crippen LogP contribution in [0.4, 0.5) is 13.2 Å². The lowest BCUT2D eigenvalue weighted by atomic mass is 9.90. The fraction of sp³-hybridized carbons (Fsp3) is 0.200. The zero-order chi connectivity index (χ0) is 25.3. The summed E-state index contributed by atoms with van der Waals surface area (Å²) in [5.74, 6) is -4.93. The molecule has 1 aliphatic heterocycles. The first-order valence-electron chi connectivity index (χ1n) is 10.6. The summed E-state index contributed by atoms with van der Waals surface area (Å²) < 4.78 is 47.5. The van der Waals surface area contributed by atoms with Crippen LogP contribution in [0.25, 0.3) is 11.1 Å². The molecule has 1 atom stereocenters. The topological polar surface area (TPSA) is 75.6 Å². The van der Waals surface area contributed by atoms with E-state index in [0.29, 0.717) is 47.5 Å². The van der Waals surface area contributed by atoms with Crippen molar-refractivity contribution in [1.82, 2.24) is 5.32 Å². The van der Waals surface area contributed by atoms with Gasteiger partial charge in [0.25, 0.3) is 5.91 Å². The Hall–Kier alpha value is -3.23. The highest BCUT2D eigenvalue weighted by molar-refractivity contribution is 6.39. The van der Waals surface area contributed by atoms with Crippen molar-refractivity contribution in [2.75, 3.05) is 6.61 Å². The molecule has 4 rings (SSSR count). The highest BCUT2D eigenvalue weighted by Crippen LogP contribution is 2.44. The van der Waals surface area contributed by atoms with Crippen molar-refractivity contribution in [3.63, 3.8) is 0 Å². The predicted molar refractivity (Wildman–Crippen MR) is 125 cm³/mol. The number of aliphatic carboxylic acids is 1. The Kier molecular flexibility index (Phi) is 7.23. The molecular formula is C25H18Cl2F3NO4. The predicted octanol–water partition coefficient (Wildman–Crippen LogP) is 5.83. The quantitative estimate of drug-likeness (QED) is 0.426. The SMILES string of the molecule is O=C(NC(Cc1ccc(-c2c(Cl)cc(F)cc2Cl)c2c1CCCO2)C(=O)O)c1c(F)cccc1F. The summed E-state index contributed by atoms with van der Waals surface area (Å²) in [6.07, 6.45) is 1.02. The van der Waals surface area contributed by atoms with Gasteiger partial charge in [0.1, 0.15) is 34.8 Å². The van der Waals surface area contributed by atoms with Crippen molar-refractivity contribution in [2.45, 2.75) is 25.3 Å². The summed E-state index contributed by atoms with van der Waals surface area (Å²) in [6, 6.07) is 6.97. The van der Waals surface area contributed by atoms with E-state index < -0.39 is 40.9 Å². The normalized spacial score (nSPS) is 13.5. The molecule has 0 spiro atoms. The van der Waals surface area contributed by atoms with Crippen LogP contribution in [0.1, 0.15) is 27.9 Å². The van der Waals surface area contributed by atoms with E-state index in [-0.39, 0.29) is 16.5 Å². The summed E-state index contributed by atoms with van der Waals surface area (Å²) >= 11 is 12.5. The van der Waals surface area contributed by atoms with Crippen molar-refractivity contribution >= 4 is 35.1 Å². The third-order valence-electron chi connectivity index (χ3n) is 5.67. The van der Waals surface area contributed by atoms with E-state index in [1.807, 2.05) is 0 Å². The number of carboxylic acids is 1. The number of benzene rings is 3. The maximum atomic E-state index is 14.0. The van der Waals surface area contributed by atoms with E-state index in [1.54, 1.807) is 12.1 Å². The molecule has 3 aromatic carbocycles. The Bertz CT molecular complexity index is 1290. The molecule has 0 fully saturated rings. The monoisotopic (exact) mass is 523 g/mol. The van der Waals surface area contributed by atoms with E-state index in [0.717, 1.165) is 30.3 Å². The van der Waals surface area contributed by atoms with Crippen LogP contribution >= 0.6 is 23.2 Å². The van der Waals surface area contributed by atoms with Crippen LogP contribution in [-0.4, -0.2) is 29.6 Å². The number of carboxylic acid groups (broad SMARTS) is 1. The fourth-order valence-corrected chi connectivity index (χ4v) is 4.75. The molecule has 1 unspecified atom stereocenters. The second-order valence-corrected chi connectivity index (χ2v) is 8.76. The molecule has 0 aliphatic carbocycles. The summed E-state index contributed by atoms with van der Waals surface area (Å²) in [6.45, 7) is 0.394. The van der Waals surface area contributed by atoms with Crippen LogP contribution in [0.5, 0.6) is 5.75 Å². The third-order valence-corrected chi connectivity index (χ3v) is 6.26. The Balaban J connectivity index is 1.69. The number of carbonyl (C=O) groups is 2.